The van der Waals surface area contributed by atoms with Crippen LogP contribution in [0, 0.1) is 6.92 Å². The number of hydrogen-bond donors (Lipinski definition) is 1. The Kier molecular flexibility index (Phi) is 4.34. The number of carbonyl (C=O) groups excluding carboxylic acids is 1. The summed E-state index contributed by atoms with van der Waals surface area (Å²) in [6.07, 6.45) is 3.26. The average molecular weight is 279 g/mol. The van der Waals surface area contributed by atoms with Crippen LogP contribution >= 0.6 is 0 Å². The summed E-state index contributed by atoms with van der Waals surface area (Å²) in [7, 11) is 0. The Morgan fingerprint density at radius 1 is 1.50 bits per heavy atom. The van der Waals surface area contributed by atoms with Gasteiger partial charge < -0.3 is 10.1 Å². The molecule has 0 aliphatic heterocycles. The highest BCUT2D eigenvalue weighted by Crippen LogP contribution is 2.09. The van der Waals surface area contributed by atoms with Crippen molar-refractivity contribution in [3.63, 3.8) is 0 Å². The predicted molar refractivity (Wildman–Crippen MR) is 69.5 cm³/mol. The first-order chi connectivity index (χ1) is 9.58. The minimum atomic E-state index is -0.185. The van der Waals surface area contributed by atoms with Gasteiger partial charge in [0.2, 0.25) is 0 Å². The molecule has 108 valence electrons. The molecule has 0 unspecified atom stereocenters. The molecule has 0 atom stereocenters. The summed E-state index contributed by atoms with van der Waals surface area (Å²) in [4.78, 5) is 11.8. The molecule has 0 aliphatic carbocycles. The van der Waals surface area contributed by atoms with Crippen molar-refractivity contribution in [1.82, 2.24) is 25.4 Å². The van der Waals surface area contributed by atoms with Crippen LogP contribution in [0.1, 0.15) is 35.9 Å². The lowest BCUT2D eigenvalue weighted by atomic mass is 10.3. The lowest BCUT2D eigenvalue weighted by molar-refractivity contribution is 0.0946. The van der Waals surface area contributed by atoms with Crippen LogP contribution in [0.25, 0.3) is 0 Å². The molecule has 1 amide bonds. The molecule has 0 spiro atoms. The molecule has 2 rings (SSSR count). The van der Waals surface area contributed by atoms with Gasteiger partial charge in [-0.25, -0.2) is 4.63 Å². The van der Waals surface area contributed by atoms with Gasteiger partial charge in [0.25, 0.3) is 11.8 Å². The number of ether oxygens (including phenoxy) is 1. The van der Waals surface area contributed by atoms with Crippen LogP contribution in [-0.4, -0.2) is 39.2 Å². The number of carbonyl (C=O) groups is 1. The van der Waals surface area contributed by atoms with E-state index < -0.39 is 0 Å². The van der Waals surface area contributed by atoms with Gasteiger partial charge in [0, 0.05) is 12.2 Å². The second-order valence-corrected chi connectivity index (χ2v) is 4.56. The third-order valence-electron chi connectivity index (χ3n) is 2.63. The number of hydrogen-bond acceptors (Lipinski definition) is 6. The van der Waals surface area contributed by atoms with Gasteiger partial charge in [0.05, 0.1) is 18.3 Å². The van der Waals surface area contributed by atoms with Crippen LogP contribution in [0.15, 0.2) is 17.0 Å². The van der Waals surface area contributed by atoms with Gasteiger partial charge in [-0.2, -0.15) is 5.10 Å². The van der Waals surface area contributed by atoms with Crippen LogP contribution in [0.2, 0.25) is 0 Å². The van der Waals surface area contributed by atoms with Gasteiger partial charge in [-0.15, -0.1) is 0 Å². The maximum atomic E-state index is 11.8. The lowest BCUT2D eigenvalue weighted by Crippen LogP contribution is -2.28. The van der Waals surface area contributed by atoms with E-state index in [0.29, 0.717) is 30.3 Å². The predicted octanol–water partition coefficient (Wildman–Crippen LogP) is 0.964. The van der Waals surface area contributed by atoms with E-state index in [1.165, 1.54) is 0 Å². The van der Waals surface area contributed by atoms with Crippen molar-refractivity contribution in [3.05, 3.63) is 23.7 Å². The molecule has 8 heteroatoms. The smallest absolute Gasteiger partial charge is 0.278 e. The fourth-order valence-electron chi connectivity index (χ4n) is 1.51. The molecule has 0 radical (unpaired) electrons. The van der Waals surface area contributed by atoms with Crippen molar-refractivity contribution in [2.24, 2.45) is 0 Å². The van der Waals surface area contributed by atoms with Gasteiger partial charge in [-0.05, 0) is 25.9 Å². The highest BCUT2D eigenvalue weighted by molar-refractivity contribution is 5.93. The number of aryl methyl sites for hydroxylation is 1. The zero-order valence-electron chi connectivity index (χ0n) is 11.7. The summed E-state index contributed by atoms with van der Waals surface area (Å²) in [5.41, 5.74) is 1.10. The molecule has 0 aromatic carbocycles. The van der Waals surface area contributed by atoms with Gasteiger partial charge in [-0.1, -0.05) is 5.16 Å². The van der Waals surface area contributed by atoms with E-state index in [0.717, 1.165) is 0 Å². The Balaban J connectivity index is 1.76. The van der Waals surface area contributed by atoms with Gasteiger partial charge in [0.15, 0.2) is 0 Å². The Morgan fingerprint density at radius 3 is 2.90 bits per heavy atom. The molecular weight excluding hydrogens is 262 g/mol. The molecule has 2 aromatic heterocycles. The normalized spacial score (nSPS) is 10.8. The van der Waals surface area contributed by atoms with Crippen LogP contribution in [0.4, 0.5) is 0 Å². The van der Waals surface area contributed by atoms with Crippen molar-refractivity contribution in [3.8, 4) is 5.88 Å². The zero-order chi connectivity index (χ0) is 14.5. The van der Waals surface area contributed by atoms with Gasteiger partial charge >= 0.3 is 0 Å². The molecule has 0 saturated heterocycles. The standard InChI is InChI=1S/C12H17N5O3/c1-8(2)17-7-10(6-14-17)11(18)13-4-5-19-12-9(3)15-20-16-12/h6-8H,4-5H2,1-3H3,(H,13,18). The first-order valence-corrected chi connectivity index (χ1v) is 6.32. The summed E-state index contributed by atoms with van der Waals surface area (Å²) in [5, 5.41) is 14.0. The minimum absolute atomic E-state index is 0.185. The molecule has 0 saturated carbocycles. The Hall–Kier alpha value is -2.38. The molecule has 20 heavy (non-hydrogen) atoms. The van der Waals surface area contributed by atoms with Gasteiger partial charge in [-0.3, -0.25) is 9.48 Å². The minimum Gasteiger partial charge on any atom is -0.472 e. The largest absolute Gasteiger partial charge is 0.472 e. The molecular formula is C12H17N5O3. The molecule has 8 nitrogen and oxygen atoms in total. The van der Waals surface area contributed by atoms with E-state index in [1.54, 1.807) is 24.0 Å². The summed E-state index contributed by atoms with van der Waals surface area (Å²) < 4.78 is 11.5. The Morgan fingerprint density at radius 2 is 2.30 bits per heavy atom. The SMILES string of the molecule is Cc1nonc1OCCNC(=O)c1cnn(C(C)C)c1. The van der Waals surface area contributed by atoms with E-state index in [2.05, 4.69) is 25.4 Å². The van der Waals surface area contributed by atoms with Crippen molar-refractivity contribution in [2.75, 3.05) is 13.2 Å². The van der Waals surface area contributed by atoms with Crippen LogP contribution in [0.5, 0.6) is 5.88 Å². The molecule has 0 aliphatic rings. The number of amides is 1. The number of rotatable bonds is 6. The van der Waals surface area contributed by atoms with Crippen LogP contribution < -0.4 is 10.1 Å². The van der Waals surface area contributed by atoms with E-state index in [-0.39, 0.29) is 11.9 Å². The van der Waals surface area contributed by atoms with Crippen molar-refractivity contribution >= 4 is 5.91 Å². The molecule has 2 heterocycles. The number of nitrogens with one attached hydrogen (secondary N) is 1. The quantitative estimate of drug-likeness (QED) is 0.791. The summed E-state index contributed by atoms with van der Waals surface area (Å²) in [5.74, 6) is 0.155. The maximum Gasteiger partial charge on any atom is 0.278 e. The molecule has 0 fully saturated rings. The number of nitrogens with zero attached hydrogens (tertiary/aromatic N) is 4. The van der Waals surface area contributed by atoms with E-state index in [1.807, 2.05) is 13.8 Å². The monoisotopic (exact) mass is 279 g/mol. The fourth-order valence-corrected chi connectivity index (χ4v) is 1.51. The molecule has 1 N–H and O–H groups in total. The molecule has 2 aromatic rings. The van der Waals surface area contributed by atoms with E-state index in [9.17, 15) is 4.79 Å². The van der Waals surface area contributed by atoms with E-state index >= 15 is 0 Å². The zero-order valence-corrected chi connectivity index (χ0v) is 11.7. The Labute approximate surface area is 116 Å². The first kappa shape index (κ1) is 14.0. The van der Waals surface area contributed by atoms with Crippen molar-refractivity contribution < 1.29 is 14.2 Å². The van der Waals surface area contributed by atoms with Crippen LogP contribution in [0.3, 0.4) is 0 Å². The summed E-state index contributed by atoms with van der Waals surface area (Å²) in [6.45, 7) is 6.37. The second kappa shape index (κ2) is 6.18. The number of aromatic nitrogens is 4. The third kappa shape index (κ3) is 3.34. The lowest BCUT2D eigenvalue weighted by Gasteiger charge is -2.05. The second-order valence-electron chi connectivity index (χ2n) is 4.56. The van der Waals surface area contributed by atoms with Crippen molar-refractivity contribution in [2.45, 2.75) is 26.8 Å². The highest BCUT2D eigenvalue weighted by Gasteiger charge is 2.10. The molecule has 0 bridgehead atoms. The van der Waals surface area contributed by atoms with Crippen molar-refractivity contribution in [1.29, 1.82) is 0 Å². The highest BCUT2D eigenvalue weighted by atomic mass is 16.6. The summed E-state index contributed by atoms with van der Waals surface area (Å²) >= 11 is 0. The topological polar surface area (TPSA) is 95.1 Å². The van der Waals surface area contributed by atoms with Crippen LogP contribution in [-0.2, 0) is 0 Å². The third-order valence-corrected chi connectivity index (χ3v) is 2.63. The first-order valence-electron chi connectivity index (χ1n) is 6.32. The average Bonchev–Trinajstić information content (AvgIpc) is 3.03. The van der Waals surface area contributed by atoms with E-state index in [4.69, 9.17) is 4.74 Å². The Bertz CT molecular complexity index is 575. The maximum absolute atomic E-state index is 11.8. The van der Waals surface area contributed by atoms with Gasteiger partial charge in [0.1, 0.15) is 12.3 Å². The summed E-state index contributed by atoms with van der Waals surface area (Å²) in [6, 6.07) is 0.225. The fraction of sp³-hybridized carbons (Fsp3) is 0.500.